The SMILES string of the molecule is CCn1cc2c(n1)[C@@H](COCC1CC1)CN(Cc1ccc(C)o1)C2. The van der Waals surface area contributed by atoms with Crippen molar-refractivity contribution in [2.24, 2.45) is 5.92 Å². The van der Waals surface area contributed by atoms with Crippen LogP contribution in [0.15, 0.2) is 22.7 Å². The largest absolute Gasteiger partial charge is 0.465 e. The van der Waals surface area contributed by atoms with Crippen molar-refractivity contribution in [2.75, 3.05) is 19.8 Å². The van der Waals surface area contributed by atoms with E-state index in [4.69, 9.17) is 14.3 Å². The molecule has 2 aliphatic rings. The third-order valence-electron chi connectivity index (χ3n) is 5.00. The lowest BCUT2D eigenvalue weighted by molar-refractivity contribution is 0.0864. The molecule has 1 fully saturated rings. The minimum absolute atomic E-state index is 0.358. The lowest BCUT2D eigenvalue weighted by atomic mass is 9.97. The van der Waals surface area contributed by atoms with Crippen LogP contribution in [0.4, 0.5) is 0 Å². The van der Waals surface area contributed by atoms with E-state index >= 15 is 0 Å². The second-order valence-corrected chi connectivity index (χ2v) is 7.26. The maximum absolute atomic E-state index is 6.00. The molecule has 0 unspecified atom stereocenters. The molecule has 0 spiro atoms. The number of hydrogen-bond acceptors (Lipinski definition) is 4. The van der Waals surface area contributed by atoms with E-state index in [1.54, 1.807) is 0 Å². The van der Waals surface area contributed by atoms with Crippen molar-refractivity contribution in [3.8, 4) is 0 Å². The number of rotatable bonds is 7. The number of furan rings is 1. The molecule has 2 aromatic rings. The number of hydrogen-bond donors (Lipinski definition) is 0. The van der Waals surface area contributed by atoms with Gasteiger partial charge in [0.15, 0.2) is 0 Å². The predicted octanol–water partition coefficient (Wildman–Crippen LogP) is 3.33. The standard InChI is InChI=1S/C19H27N3O2/c1-3-22-10-16-8-21(11-18-7-4-14(2)24-18)9-17(19(16)20-22)13-23-12-15-5-6-15/h4,7,10,15,17H,3,5-6,8-9,11-13H2,1-2H3/t17-/m1/s1. The van der Waals surface area contributed by atoms with Gasteiger partial charge < -0.3 is 9.15 Å². The second-order valence-electron chi connectivity index (χ2n) is 7.26. The van der Waals surface area contributed by atoms with Crippen LogP contribution in [0.3, 0.4) is 0 Å². The van der Waals surface area contributed by atoms with Crippen LogP contribution in [-0.4, -0.2) is 34.4 Å². The Morgan fingerprint density at radius 2 is 2.17 bits per heavy atom. The lowest BCUT2D eigenvalue weighted by Gasteiger charge is -2.31. The summed E-state index contributed by atoms with van der Waals surface area (Å²) in [5, 5.41) is 4.80. The van der Waals surface area contributed by atoms with Gasteiger partial charge in [0.1, 0.15) is 11.5 Å². The first-order valence-corrected chi connectivity index (χ1v) is 9.13. The Kier molecular flexibility index (Phi) is 4.46. The summed E-state index contributed by atoms with van der Waals surface area (Å²) in [4.78, 5) is 2.45. The Morgan fingerprint density at radius 1 is 1.29 bits per heavy atom. The van der Waals surface area contributed by atoms with Gasteiger partial charge in [0.2, 0.25) is 0 Å². The molecule has 0 bridgehead atoms. The van der Waals surface area contributed by atoms with E-state index in [9.17, 15) is 0 Å². The molecule has 0 radical (unpaired) electrons. The molecule has 4 rings (SSSR count). The monoisotopic (exact) mass is 329 g/mol. The van der Waals surface area contributed by atoms with Gasteiger partial charge in [-0.3, -0.25) is 9.58 Å². The first-order chi connectivity index (χ1) is 11.7. The highest BCUT2D eigenvalue weighted by Gasteiger charge is 2.30. The molecule has 24 heavy (non-hydrogen) atoms. The van der Waals surface area contributed by atoms with Crippen LogP contribution in [0.25, 0.3) is 0 Å². The van der Waals surface area contributed by atoms with Crippen molar-refractivity contribution in [3.63, 3.8) is 0 Å². The Hall–Kier alpha value is -1.59. The Labute approximate surface area is 143 Å². The molecule has 2 aromatic heterocycles. The van der Waals surface area contributed by atoms with E-state index in [1.165, 1.54) is 24.1 Å². The number of aromatic nitrogens is 2. The summed E-state index contributed by atoms with van der Waals surface area (Å²) in [5.41, 5.74) is 2.57. The average molecular weight is 329 g/mol. The average Bonchev–Trinajstić information content (AvgIpc) is 3.15. The topological polar surface area (TPSA) is 43.4 Å². The fourth-order valence-corrected chi connectivity index (χ4v) is 3.51. The third kappa shape index (κ3) is 3.57. The van der Waals surface area contributed by atoms with Gasteiger partial charge in [-0.05, 0) is 44.7 Å². The van der Waals surface area contributed by atoms with E-state index in [-0.39, 0.29) is 0 Å². The Bertz CT molecular complexity index is 687. The summed E-state index contributed by atoms with van der Waals surface area (Å²) >= 11 is 0. The van der Waals surface area contributed by atoms with Crippen LogP contribution >= 0.6 is 0 Å². The van der Waals surface area contributed by atoms with Gasteiger partial charge in [-0.1, -0.05) is 0 Å². The zero-order chi connectivity index (χ0) is 16.5. The molecular formula is C19H27N3O2. The number of ether oxygens (including phenoxy) is 1. The summed E-state index contributed by atoms with van der Waals surface area (Å²) in [6.45, 7) is 9.52. The first-order valence-electron chi connectivity index (χ1n) is 9.13. The molecule has 1 aliphatic carbocycles. The normalized spacial score (nSPS) is 21.2. The summed E-state index contributed by atoms with van der Waals surface area (Å²) in [6.07, 6.45) is 4.87. The van der Waals surface area contributed by atoms with Gasteiger partial charge in [0, 0.05) is 43.9 Å². The minimum atomic E-state index is 0.358. The van der Waals surface area contributed by atoms with Crippen molar-refractivity contribution in [3.05, 3.63) is 41.1 Å². The molecule has 1 saturated carbocycles. The van der Waals surface area contributed by atoms with E-state index in [2.05, 4.69) is 28.8 Å². The van der Waals surface area contributed by atoms with Crippen LogP contribution in [0.5, 0.6) is 0 Å². The molecule has 5 nitrogen and oxygen atoms in total. The Morgan fingerprint density at radius 3 is 2.88 bits per heavy atom. The number of fused-ring (bicyclic) bond motifs is 1. The molecule has 1 atom stereocenters. The number of aryl methyl sites for hydroxylation is 2. The van der Waals surface area contributed by atoms with Crippen LogP contribution in [-0.2, 0) is 24.4 Å². The minimum Gasteiger partial charge on any atom is -0.465 e. The fourth-order valence-electron chi connectivity index (χ4n) is 3.51. The van der Waals surface area contributed by atoms with Crippen LogP contribution in [0, 0.1) is 12.8 Å². The number of nitrogens with zero attached hydrogens (tertiary/aromatic N) is 3. The second kappa shape index (κ2) is 6.73. The highest BCUT2D eigenvalue weighted by molar-refractivity contribution is 5.25. The first kappa shape index (κ1) is 15.9. The zero-order valence-corrected chi connectivity index (χ0v) is 14.7. The molecule has 0 N–H and O–H groups in total. The van der Waals surface area contributed by atoms with Gasteiger partial charge in [-0.2, -0.15) is 5.10 Å². The van der Waals surface area contributed by atoms with Crippen LogP contribution < -0.4 is 0 Å². The smallest absolute Gasteiger partial charge is 0.118 e. The molecule has 3 heterocycles. The predicted molar refractivity (Wildman–Crippen MR) is 91.7 cm³/mol. The highest BCUT2D eigenvalue weighted by Crippen LogP contribution is 2.31. The van der Waals surface area contributed by atoms with E-state index < -0.39 is 0 Å². The zero-order valence-electron chi connectivity index (χ0n) is 14.7. The van der Waals surface area contributed by atoms with E-state index in [1.807, 2.05) is 13.0 Å². The van der Waals surface area contributed by atoms with E-state index in [0.717, 1.165) is 56.8 Å². The van der Waals surface area contributed by atoms with Crippen molar-refractivity contribution in [1.29, 1.82) is 0 Å². The van der Waals surface area contributed by atoms with Gasteiger partial charge in [-0.15, -0.1) is 0 Å². The molecule has 5 heteroatoms. The summed E-state index contributed by atoms with van der Waals surface area (Å²) < 4.78 is 13.8. The van der Waals surface area contributed by atoms with Gasteiger partial charge in [-0.25, -0.2) is 0 Å². The molecule has 0 amide bonds. The molecular weight excluding hydrogens is 302 g/mol. The summed E-state index contributed by atoms with van der Waals surface area (Å²) in [6, 6.07) is 4.12. The fraction of sp³-hybridized carbons (Fsp3) is 0.632. The lowest BCUT2D eigenvalue weighted by Crippen LogP contribution is -2.34. The third-order valence-corrected chi connectivity index (χ3v) is 5.00. The molecule has 1 aliphatic heterocycles. The maximum atomic E-state index is 6.00. The summed E-state index contributed by atoms with van der Waals surface area (Å²) in [7, 11) is 0. The van der Waals surface area contributed by atoms with E-state index in [0.29, 0.717) is 5.92 Å². The van der Waals surface area contributed by atoms with Crippen molar-refractivity contribution < 1.29 is 9.15 Å². The molecule has 0 saturated heterocycles. The van der Waals surface area contributed by atoms with Crippen molar-refractivity contribution in [2.45, 2.75) is 52.2 Å². The van der Waals surface area contributed by atoms with Gasteiger partial charge >= 0.3 is 0 Å². The van der Waals surface area contributed by atoms with Crippen LogP contribution in [0.1, 0.15) is 48.5 Å². The molecule has 130 valence electrons. The maximum Gasteiger partial charge on any atom is 0.118 e. The Balaban J connectivity index is 1.46. The van der Waals surface area contributed by atoms with Crippen molar-refractivity contribution in [1.82, 2.24) is 14.7 Å². The van der Waals surface area contributed by atoms with Crippen LogP contribution in [0.2, 0.25) is 0 Å². The van der Waals surface area contributed by atoms with Gasteiger partial charge in [0.25, 0.3) is 0 Å². The van der Waals surface area contributed by atoms with Gasteiger partial charge in [0.05, 0.1) is 18.8 Å². The van der Waals surface area contributed by atoms with Crippen molar-refractivity contribution >= 4 is 0 Å². The molecule has 0 aromatic carbocycles. The quantitative estimate of drug-likeness (QED) is 0.781. The summed E-state index contributed by atoms with van der Waals surface area (Å²) in [5.74, 6) is 3.18. The highest BCUT2D eigenvalue weighted by atomic mass is 16.5.